The number of pyridine rings is 1. The number of ether oxygens (including phenoxy) is 2. The molecule has 0 aromatic carbocycles. The van der Waals surface area contributed by atoms with E-state index in [-0.39, 0.29) is 24.4 Å². The first-order valence-electron chi connectivity index (χ1n) is 15.2. The monoisotopic (exact) mass is 565 g/mol. The molecule has 2 bridgehead atoms. The number of nitrogens with one attached hydrogen (secondary N) is 2. The van der Waals surface area contributed by atoms with E-state index in [2.05, 4.69) is 63.9 Å². The number of aliphatic hydroxyl groups is 1. The van der Waals surface area contributed by atoms with Gasteiger partial charge in [0.25, 0.3) is 0 Å². The van der Waals surface area contributed by atoms with E-state index < -0.39 is 5.60 Å². The number of methoxy groups -OCH3 is 1. The number of aromatic nitrogens is 3. The molecule has 41 heavy (non-hydrogen) atoms. The minimum absolute atomic E-state index is 0.0194. The molecule has 0 radical (unpaired) electrons. The van der Waals surface area contributed by atoms with E-state index in [1.165, 1.54) is 17.5 Å². The van der Waals surface area contributed by atoms with E-state index in [0.717, 1.165) is 55.1 Å². The maximum Gasteiger partial charge on any atom is 0.131 e. The molecule has 2 aromatic heterocycles. The molecule has 0 spiro atoms. The number of anilines is 1. The Balaban J connectivity index is 1.14. The second-order valence-electron chi connectivity index (χ2n) is 13.5. The molecule has 4 aliphatic heterocycles. The largest absolute Gasteiger partial charge is 0.389 e. The summed E-state index contributed by atoms with van der Waals surface area (Å²) >= 11 is 0. The Labute approximate surface area is 244 Å². The molecule has 5 aliphatic rings. The fourth-order valence-corrected chi connectivity index (χ4v) is 7.93. The third-order valence-corrected chi connectivity index (χ3v) is 9.78. The normalized spacial score (nSPS) is 32.5. The summed E-state index contributed by atoms with van der Waals surface area (Å²) in [6.45, 7) is 14.8. The van der Waals surface area contributed by atoms with Crippen LogP contribution in [-0.4, -0.2) is 87.9 Å². The molecule has 1 aliphatic carbocycles. The topological polar surface area (TPSA) is 108 Å². The standard InChI is InChI=1S/C31H47N7O3/c1-17-8-21(13-32-30(17)37-14-22-9-23(15-37)38(22)16-31(5,6)39)29-24-10-27(26(40-7)11-25(24)35-36-29)41-20(4)28-18(2)12-33-34-19(28)3/h8,12-13,20,22-27,29,35-36,39H,9-11,14-16H2,1-7H3/t20-,22?,23?,24?,25?,26?,27?,29?/m1/s1. The molecular weight excluding hydrogens is 518 g/mol. The molecule has 8 atom stereocenters. The van der Waals surface area contributed by atoms with Crippen LogP contribution >= 0.6 is 0 Å². The van der Waals surface area contributed by atoms with Crippen molar-refractivity contribution in [1.29, 1.82) is 0 Å². The molecule has 7 rings (SSSR count). The second-order valence-corrected chi connectivity index (χ2v) is 13.5. The highest BCUT2D eigenvalue weighted by Crippen LogP contribution is 2.42. The molecule has 2 aromatic rings. The molecule has 0 amide bonds. The van der Waals surface area contributed by atoms with Crippen molar-refractivity contribution < 1.29 is 14.6 Å². The first-order valence-corrected chi connectivity index (χ1v) is 15.2. The van der Waals surface area contributed by atoms with Crippen LogP contribution in [0.25, 0.3) is 0 Å². The number of aryl methyl sites for hydroxylation is 3. The van der Waals surface area contributed by atoms with Gasteiger partial charge >= 0.3 is 0 Å². The zero-order valence-electron chi connectivity index (χ0n) is 25.6. The average molecular weight is 566 g/mol. The summed E-state index contributed by atoms with van der Waals surface area (Å²) < 4.78 is 12.7. The van der Waals surface area contributed by atoms with Gasteiger partial charge in [0, 0.05) is 56.6 Å². The van der Waals surface area contributed by atoms with Crippen LogP contribution in [0.2, 0.25) is 0 Å². The van der Waals surface area contributed by atoms with Crippen LogP contribution < -0.4 is 15.8 Å². The number of rotatable bonds is 8. The fraction of sp³-hybridized carbons (Fsp3) is 0.710. The van der Waals surface area contributed by atoms with Crippen molar-refractivity contribution in [3.05, 3.63) is 46.4 Å². The molecule has 10 heteroatoms. The molecule has 1 saturated carbocycles. The van der Waals surface area contributed by atoms with E-state index in [0.29, 0.717) is 24.0 Å². The quantitative estimate of drug-likeness (QED) is 0.442. The van der Waals surface area contributed by atoms with Gasteiger partial charge in [0.15, 0.2) is 0 Å². The minimum atomic E-state index is -0.659. The Morgan fingerprint density at radius 2 is 1.80 bits per heavy atom. The lowest BCUT2D eigenvalue weighted by molar-refractivity contribution is -0.117. The SMILES string of the molecule is COC1CC2NNC(c3cnc(N4CC5CC(C4)N5CC(C)(C)O)c(C)c3)C2CC1O[C@H](C)c1c(C)cnnc1C. The third kappa shape index (κ3) is 5.62. The number of hydrogen-bond donors (Lipinski definition) is 3. The lowest BCUT2D eigenvalue weighted by Gasteiger charge is -2.58. The van der Waals surface area contributed by atoms with Crippen molar-refractivity contribution in [2.45, 2.75) is 109 Å². The van der Waals surface area contributed by atoms with Crippen LogP contribution in [0.5, 0.6) is 0 Å². The van der Waals surface area contributed by atoms with E-state index >= 15 is 0 Å². The zero-order chi connectivity index (χ0) is 29.1. The van der Waals surface area contributed by atoms with Gasteiger partial charge < -0.3 is 19.5 Å². The van der Waals surface area contributed by atoms with Crippen molar-refractivity contribution in [2.24, 2.45) is 5.92 Å². The summed E-state index contributed by atoms with van der Waals surface area (Å²) in [5, 5.41) is 18.7. The molecule has 7 unspecified atom stereocenters. The lowest BCUT2D eigenvalue weighted by atomic mass is 9.77. The zero-order valence-corrected chi connectivity index (χ0v) is 25.6. The highest BCUT2D eigenvalue weighted by molar-refractivity contribution is 5.50. The first-order chi connectivity index (χ1) is 19.5. The maximum atomic E-state index is 10.3. The molecule has 6 heterocycles. The number of nitrogens with zero attached hydrogens (tertiary/aromatic N) is 5. The van der Waals surface area contributed by atoms with Crippen LogP contribution in [0, 0.1) is 26.7 Å². The van der Waals surface area contributed by atoms with Gasteiger partial charge in [0.1, 0.15) is 5.82 Å². The Hall–Kier alpha value is -2.21. The summed E-state index contributed by atoms with van der Waals surface area (Å²) in [7, 11) is 1.79. The van der Waals surface area contributed by atoms with Gasteiger partial charge in [-0.05, 0) is 89.5 Å². The number of hydrazine groups is 1. The van der Waals surface area contributed by atoms with Gasteiger partial charge in [-0.15, -0.1) is 0 Å². The molecule has 5 fully saturated rings. The second kappa shape index (κ2) is 11.1. The van der Waals surface area contributed by atoms with Crippen LogP contribution in [-0.2, 0) is 9.47 Å². The van der Waals surface area contributed by atoms with Crippen molar-refractivity contribution >= 4 is 5.82 Å². The number of hydrogen-bond acceptors (Lipinski definition) is 10. The summed E-state index contributed by atoms with van der Waals surface area (Å²) in [4.78, 5) is 9.93. The van der Waals surface area contributed by atoms with Gasteiger partial charge in [-0.3, -0.25) is 10.3 Å². The van der Waals surface area contributed by atoms with Crippen LogP contribution in [0.15, 0.2) is 18.5 Å². The van der Waals surface area contributed by atoms with E-state index in [1.807, 2.05) is 27.0 Å². The lowest BCUT2D eigenvalue weighted by Crippen LogP contribution is -2.70. The molecular formula is C31H47N7O3. The van der Waals surface area contributed by atoms with Gasteiger partial charge in [0.05, 0.1) is 41.8 Å². The van der Waals surface area contributed by atoms with Crippen molar-refractivity contribution in [2.75, 3.05) is 31.6 Å². The predicted octanol–water partition coefficient (Wildman–Crippen LogP) is 2.92. The summed E-state index contributed by atoms with van der Waals surface area (Å²) in [6, 6.07) is 3.76. The van der Waals surface area contributed by atoms with Gasteiger partial charge in [-0.2, -0.15) is 10.2 Å². The minimum Gasteiger partial charge on any atom is -0.389 e. The van der Waals surface area contributed by atoms with E-state index in [1.54, 1.807) is 7.11 Å². The third-order valence-electron chi connectivity index (χ3n) is 9.78. The number of piperidine rings is 1. The smallest absolute Gasteiger partial charge is 0.131 e. The average Bonchev–Trinajstić information content (AvgIpc) is 3.33. The first kappa shape index (κ1) is 28.9. The summed E-state index contributed by atoms with van der Waals surface area (Å²) in [5.74, 6) is 1.45. The highest BCUT2D eigenvalue weighted by Gasteiger charge is 2.48. The number of piperazine rings is 1. The van der Waals surface area contributed by atoms with E-state index in [9.17, 15) is 5.11 Å². The van der Waals surface area contributed by atoms with E-state index in [4.69, 9.17) is 14.5 Å². The number of fused-ring (bicyclic) bond motifs is 3. The van der Waals surface area contributed by atoms with Crippen molar-refractivity contribution in [1.82, 2.24) is 30.9 Å². The molecule has 224 valence electrons. The maximum absolute atomic E-state index is 10.3. The molecule has 10 nitrogen and oxygen atoms in total. The van der Waals surface area contributed by atoms with Crippen molar-refractivity contribution in [3.63, 3.8) is 0 Å². The summed E-state index contributed by atoms with van der Waals surface area (Å²) in [5.41, 5.74) is 12.1. The fourth-order valence-electron chi connectivity index (χ4n) is 7.93. The Bertz CT molecular complexity index is 1220. The molecule has 3 N–H and O–H groups in total. The highest BCUT2D eigenvalue weighted by atomic mass is 16.5. The van der Waals surface area contributed by atoms with Gasteiger partial charge in [-0.25, -0.2) is 10.4 Å². The molecule has 4 saturated heterocycles. The van der Waals surface area contributed by atoms with Crippen LogP contribution in [0.3, 0.4) is 0 Å². The predicted molar refractivity (Wildman–Crippen MR) is 157 cm³/mol. The Morgan fingerprint density at radius 3 is 2.46 bits per heavy atom. The van der Waals surface area contributed by atoms with Crippen LogP contribution in [0.4, 0.5) is 5.82 Å². The Kier molecular flexibility index (Phi) is 7.84. The van der Waals surface area contributed by atoms with Gasteiger partial charge in [-0.1, -0.05) is 0 Å². The summed E-state index contributed by atoms with van der Waals surface area (Å²) in [6.07, 6.45) is 6.77. The van der Waals surface area contributed by atoms with Crippen molar-refractivity contribution in [3.8, 4) is 0 Å². The Morgan fingerprint density at radius 1 is 1.05 bits per heavy atom. The van der Waals surface area contributed by atoms with Crippen LogP contribution in [0.1, 0.15) is 80.1 Å². The van der Waals surface area contributed by atoms with Gasteiger partial charge in [0.2, 0.25) is 0 Å².